The smallest absolute Gasteiger partial charge is 0.254 e. The number of benzene rings is 1. The minimum absolute atomic E-state index is 0.00864. The van der Waals surface area contributed by atoms with Crippen LogP contribution in [0.25, 0.3) is 16.6 Å². The molecular formula is C20H19N3O2S. The number of H-pyrrole nitrogens is 1. The zero-order valence-electron chi connectivity index (χ0n) is 14.4. The molecule has 3 aromatic rings. The number of carbonyl (C=O) groups excluding carboxylic acids is 1. The average Bonchev–Trinajstić information content (AvgIpc) is 3.12. The second-order valence-electron chi connectivity index (χ2n) is 6.31. The Morgan fingerprint density at radius 2 is 2.04 bits per heavy atom. The number of hydrogen-bond donors (Lipinski definition) is 1. The molecule has 1 N–H and O–H groups in total. The predicted octanol–water partition coefficient (Wildman–Crippen LogP) is 3.23. The van der Waals surface area contributed by atoms with Crippen molar-refractivity contribution < 1.29 is 9.00 Å². The molecule has 26 heavy (non-hydrogen) atoms. The number of nitrogens with one attached hydrogen (secondary N) is 1. The Kier molecular flexibility index (Phi) is 4.42. The largest absolute Gasteiger partial charge is 0.346 e. The van der Waals surface area contributed by atoms with Crippen molar-refractivity contribution in [2.45, 2.75) is 11.3 Å². The van der Waals surface area contributed by atoms with Crippen LogP contribution in [-0.2, 0) is 10.8 Å². The number of aromatic amines is 1. The number of amides is 1. The highest BCUT2D eigenvalue weighted by Gasteiger charge is 2.20. The molecule has 1 aliphatic rings. The van der Waals surface area contributed by atoms with Gasteiger partial charge in [0.05, 0.1) is 0 Å². The Morgan fingerprint density at radius 3 is 2.73 bits per heavy atom. The summed E-state index contributed by atoms with van der Waals surface area (Å²) in [6.07, 6.45) is 8.33. The third kappa shape index (κ3) is 3.08. The van der Waals surface area contributed by atoms with Crippen molar-refractivity contribution in [3.05, 3.63) is 66.0 Å². The van der Waals surface area contributed by atoms with Crippen LogP contribution in [0, 0.1) is 0 Å². The Hall–Kier alpha value is -2.73. The maximum atomic E-state index is 12.7. The Morgan fingerprint density at radius 1 is 1.23 bits per heavy atom. The van der Waals surface area contributed by atoms with Gasteiger partial charge in [-0.1, -0.05) is 6.08 Å². The minimum Gasteiger partial charge on any atom is -0.346 e. The molecule has 1 atom stereocenters. The molecule has 1 aliphatic heterocycles. The lowest BCUT2D eigenvalue weighted by atomic mass is 9.99. The summed E-state index contributed by atoms with van der Waals surface area (Å²) in [4.78, 5) is 22.8. The van der Waals surface area contributed by atoms with E-state index >= 15 is 0 Å². The third-order valence-electron chi connectivity index (χ3n) is 4.73. The fraction of sp³-hybridized carbons (Fsp3) is 0.200. The maximum absolute atomic E-state index is 12.7. The van der Waals surface area contributed by atoms with Gasteiger partial charge in [0.1, 0.15) is 5.65 Å². The summed E-state index contributed by atoms with van der Waals surface area (Å²) >= 11 is 0. The van der Waals surface area contributed by atoms with Crippen LogP contribution in [0.3, 0.4) is 0 Å². The standard InChI is InChI=1S/C20H19N3O2S/c1-26(25)16-6-4-15(5-7-16)20(24)23-11-8-14(9-12-23)18-13-22-19-17(18)3-2-10-21-19/h2-8,10,13H,9,11-12H2,1H3,(H,21,22)/t26-/m0/s1. The molecule has 0 radical (unpaired) electrons. The molecule has 4 rings (SSSR count). The summed E-state index contributed by atoms with van der Waals surface area (Å²) in [6, 6.07) is 11.0. The molecule has 6 heteroatoms. The number of nitrogens with zero attached hydrogens (tertiary/aromatic N) is 2. The van der Waals surface area contributed by atoms with Gasteiger partial charge in [0.25, 0.3) is 5.91 Å². The number of rotatable bonds is 3. The van der Waals surface area contributed by atoms with Gasteiger partial charge in [-0.15, -0.1) is 0 Å². The Labute approximate surface area is 154 Å². The first kappa shape index (κ1) is 16.7. The molecule has 0 fully saturated rings. The van der Waals surface area contributed by atoms with Gasteiger partial charge in [0.15, 0.2) is 0 Å². The van der Waals surface area contributed by atoms with E-state index in [1.165, 1.54) is 5.57 Å². The highest BCUT2D eigenvalue weighted by Crippen LogP contribution is 2.28. The molecule has 2 aromatic heterocycles. The number of fused-ring (bicyclic) bond motifs is 1. The first-order valence-electron chi connectivity index (χ1n) is 8.48. The van der Waals surface area contributed by atoms with E-state index in [0.717, 1.165) is 27.9 Å². The van der Waals surface area contributed by atoms with Crippen LogP contribution in [0.1, 0.15) is 22.3 Å². The van der Waals surface area contributed by atoms with Gasteiger partial charge in [-0.2, -0.15) is 0 Å². The van der Waals surface area contributed by atoms with Gasteiger partial charge in [-0.05, 0) is 48.4 Å². The summed E-state index contributed by atoms with van der Waals surface area (Å²) in [6.45, 7) is 1.27. The normalized spacial score (nSPS) is 15.7. The molecule has 0 spiro atoms. The van der Waals surface area contributed by atoms with E-state index in [9.17, 15) is 9.00 Å². The highest BCUT2D eigenvalue weighted by atomic mass is 32.2. The fourth-order valence-electron chi connectivity index (χ4n) is 3.29. The number of pyridine rings is 1. The summed E-state index contributed by atoms with van der Waals surface area (Å²) in [5.74, 6) is 0.00864. The maximum Gasteiger partial charge on any atom is 0.254 e. The van der Waals surface area contributed by atoms with Gasteiger partial charge in [-0.3, -0.25) is 9.00 Å². The zero-order chi connectivity index (χ0) is 18.1. The number of hydrogen-bond acceptors (Lipinski definition) is 3. The minimum atomic E-state index is -1.03. The zero-order valence-corrected chi connectivity index (χ0v) is 15.3. The van der Waals surface area contributed by atoms with Gasteiger partial charge < -0.3 is 9.88 Å². The lowest BCUT2D eigenvalue weighted by molar-refractivity contribution is 0.0773. The molecule has 0 bridgehead atoms. The van der Waals surface area contributed by atoms with Gasteiger partial charge >= 0.3 is 0 Å². The summed E-state index contributed by atoms with van der Waals surface area (Å²) in [5, 5.41) is 1.11. The molecule has 132 valence electrons. The van der Waals surface area contributed by atoms with E-state index in [0.29, 0.717) is 18.7 Å². The van der Waals surface area contributed by atoms with Crippen LogP contribution < -0.4 is 0 Å². The van der Waals surface area contributed by atoms with Crippen LogP contribution in [0.2, 0.25) is 0 Å². The van der Waals surface area contributed by atoms with E-state index in [2.05, 4.69) is 22.1 Å². The third-order valence-corrected chi connectivity index (χ3v) is 5.66. The summed E-state index contributed by atoms with van der Waals surface area (Å²) < 4.78 is 11.5. The van der Waals surface area contributed by atoms with Gasteiger partial charge in [-0.25, -0.2) is 4.98 Å². The van der Waals surface area contributed by atoms with E-state index in [-0.39, 0.29) is 5.91 Å². The van der Waals surface area contributed by atoms with Gasteiger partial charge in [0.2, 0.25) is 0 Å². The van der Waals surface area contributed by atoms with E-state index in [1.54, 1.807) is 36.7 Å². The van der Waals surface area contributed by atoms with Crippen LogP contribution in [-0.4, -0.2) is 44.3 Å². The molecule has 0 saturated heterocycles. The van der Waals surface area contributed by atoms with E-state index < -0.39 is 10.8 Å². The lowest BCUT2D eigenvalue weighted by Gasteiger charge is -2.26. The number of carbonyl (C=O) groups is 1. The molecule has 0 saturated carbocycles. The van der Waals surface area contributed by atoms with E-state index in [1.807, 2.05) is 17.2 Å². The molecule has 3 heterocycles. The molecule has 1 amide bonds. The highest BCUT2D eigenvalue weighted by molar-refractivity contribution is 7.84. The van der Waals surface area contributed by atoms with Crippen LogP contribution in [0.15, 0.2) is 59.8 Å². The fourth-order valence-corrected chi connectivity index (χ4v) is 3.81. The van der Waals surface area contributed by atoms with Crippen molar-refractivity contribution >= 4 is 33.3 Å². The monoisotopic (exact) mass is 365 g/mol. The van der Waals surface area contributed by atoms with Crippen molar-refractivity contribution in [3.8, 4) is 0 Å². The Bertz CT molecular complexity index is 1020. The topological polar surface area (TPSA) is 66.1 Å². The molecule has 0 aliphatic carbocycles. The number of aromatic nitrogens is 2. The van der Waals surface area contributed by atoms with Crippen molar-refractivity contribution in [1.82, 2.24) is 14.9 Å². The van der Waals surface area contributed by atoms with Crippen molar-refractivity contribution in [2.24, 2.45) is 0 Å². The second-order valence-corrected chi connectivity index (χ2v) is 7.69. The first-order chi connectivity index (χ1) is 12.6. The van der Waals surface area contributed by atoms with Gasteiger partial charge in [0, 0.05) is 63.9 Å². The lowest BCUT2D eigenvalue weighted by Crippen LogP contribution is -2.34. The summed E-state index contributed by atoms with van der Waals surface area (Å²) in [7, 11) is -1.03. The molecule has 1 aromatic carbocycles. The quantitative estimate of drug-likeness (QED) is 0.775. The first-order valence-corrected chi connectivity index (χ1v) is 10.0. The Balaban J connectivity index is 1.52. The van der Waals surface area contributed by atoms with Crippen LogP contribution in [0.5, 0.6) is 0 Å². The van der Waals surface area contributed by atoms with Crippen LogP contribution >= 0.6 is 0 Å². The SMILES string of the molecule is C[S@](=O)c1ccc(C(=O)N2CC=C(c3c[nH]c4ncccc34)CC2)cc1. The van der Waals surface area contributed by atoms with E-state index in [4.69, 9.17) is 0 Å². The predicted molar refractivity (Wildman–Crippen MR) is 103 cm³/mol. The average molecular weight is 365 g/mol. The second kappa shape index (κ2) is 6.88. The molecular weight excluding hydrogens is 346 g/mol. The van der Waals surface area contributed by atoms with Crippen molar-refractivity contribution in [1.29, 1.82) is 0 Å². The summed E-state index contributed by atoms with van der Waals surface area (Å²) in [5.41, 5.74) is 3.92. The van der Waals surface area contributed by atoms with Crippen LogP contribution in [0.4, 0.5) is 0 Å². The van der Waals surface area contributed by atoms with Crippen molar-refractivity contribution in [3.63, 3.8) is 0 Å². The molecule has 0 unspecified atom stereocenters. The van der Waals surface area contributed by atoms with Crippen molar-refractivity contribution in [2.75, 3.05) is 19.3 Å². The molecule has 5 nitrogen and oxygen atoms in total.